The predicted molar refractivity (Wildman–Crippen MR) is 62.7 cm³/mol. The zero-order valence-electron chi connectivity index (χ0n) is 9.49. The number of rotatable bonds is 6. The first kappa shape index (κ1) is 12.6. The number of amides is 2. The Morgan fingerprint density at radius 1 is 1.27 bits per heavy atom. The molecule has 1 fully saturated rings. The van der Waals surface area contributed by atoms with E-state index in [0.717, 1.165) is 17.9 Å². The van der Waals surface area contributed by atoms with Gasteiger partial charge in [0.2, 0.25) is 11.8 Å². The first-order valence-electron chi connectivity index (χ1n) is 5.52. The average Bonchev–Trinajstić information content (AvgIpc) is 2.47. The molecule has 15 heavy (non-hydrogen) atoms. The van der Waals surface area contributed by atoms with E-state index < -0.39 is 0 Å². The third-order valence-corrected chi connectivity index (χ3v) is 3.76. The van der Waals surface area contributed by atoms with Crippen LogP contribution in [0, 0.1) is 5.92 Å². The highest BCUT2D eigenvalue weighted by molar-refractivity contribution is 7.99. The second-order valence-electron chi connectivity index (χ2n) is 4.26. The predicted octanol–water partition coefficient (Wildman–Crippen LogP) is 1.91. The van der Waals surface area contributed by atoms with Crippen LogP contribution in [-0.2, 0) is 9.59 Å². The average molecular weight is 229 g/mol. The Hall–Kier alpha value is -0.510. The smallest absolute Gasteiger partial charge is 0.229 e. The van der Waals surface area contributed by atoms with E-state index >= 15 is 0 Å². The Labute approximate surface area is 95.6 Å². The third-order valence-electron chi connectivity index (χ3n) is 2.28. The first-order chi connectivity index (χ1) is 7.11. The van der Waals surface area contributed by atoms with Gasteiger partial charge in [-0.05, 0) is 23.8 Å². The lowest BCUT2D eigenvalue weighted by Gasteiger charge is -2.13. The number of likely N-dealkylation sites (tertiary alicyclic amines) is 1. The van der Waals surface area contributed by atoms with Crippen molar-refractivity contribution in [3.05, 3.63) is 0 Å². The fourth-order valence-corrected chi connectivity index (χ4v) is 2.49. The highest BCUT2D eigenvalue weighted by Crippen LogP contribution is 2.14. The Morgan fingerprint density at radius 3 is 2.40 bits per heavy atom. The monoisotopic (exact) mass is 229 g/mol. The second-order valence-corrected chi connectivity index (χ2v) is 5.41. The van der Waals surface area contributed by atoms with E-state index in [4.69, 9.17) is 0 Å². The molecule has 0 aliphatic carbocycles. The summed E-state index contributed by atoms with van der Waals surface area (Å²) in [5, 5.41) is 0. The molecule has 1 heterocycles. The molecule has 0 aromatic carbocycles. The minimum atomic E-state index is 0.00820. The van der Waals surface area contributed by atoms with Crippen LogP contribution >= 0.6 is 11.8 Å². The van der Waals surface area contributed by atoms with Crippen molar-refractivity contribution in [2.75, 3.05) is 18.1 Å². The van der Waals surface area contributed by atoms with Gasteiger partial charge in [0.05, 0.1) is 0 Å². The molecule has 1 aliphatic heterocycles. The van der Waals surface area contributed by atoms with Crippen LogP contribution < -0.4 is 0 Å². The molecule has 0 saturated carbocycles. The minimum absolute atomic E-state index is 0.00820. The van der Waals surface area contributed by atoms with Gasteiger partial charge in [-0.3, -0.25) is 14.5 Å². The number of hydrogen-bond donors (Lipinski definition) is 0. The number of hydrogen-bond acceptors (Lipinski definition) is 3. The number of nitrogens with zero attached hydrogens (tertiary/aromatic N) is 1. The van der Waals surface area contributed by atoms with E-state index in [0.29, 0.717) is 25.3 Å². The molecule has 0 N–H and O–H groups in total. The van der Waals surface area contributed by atoms with Gasteiger partial charge in [0.1, 0.15) is 0 Å². The molecule has 0 aromatic rings. The molecule has 4 heteroatoms. The van der Waals surface area contributed by atoms with Gasteiger partial charge in [-0.1, -0.05) is 13.8 Å². The molecule has 0 bridgehead atoms. The van der Waals surface area contributed by atoms with E-state index in [2.05, 4.69) is 13.8 Å². The van der Waals surface area contributed by atoms with Gasteiger partial charge in [0.15, 0.2) is 0 Å². The fourth-order valence-electron chi connectivity index (χ4n) is 1.52. The van der Waals surface area contributed by atoms with Crippen molar-refractivity contribution < 1.29 is 9.59 Å². The Morgan fingerprint density at radius 2 is 1.87 bits per heavy atom. The van der Waals surface area contributed by atoms with Crippen LogP contribution in [0.1, 0.15) is 33.1 Å². The Bertz CT molecular complexity index is 225. The van der Waals surface area contributed by atoms with E-state index in [1.807, 2.05) is 11.8 Å². The van der Waals surface area contributed by atoms with Crippen LogP contribution in [0.5, 0.6) is 0 Å². The van der Waals surface area contributed by atoms with Crippen molar-refractivity contribution >= 4 is 23.6 Å². The summed E-state index contributed by atoms with van der Waals surface area (Å²) >= 11 is 1.90. The summed E-state index contributed by atoms with van der Waals surface area (Å²) in [6, 6.07) is 0. The maximum atomic E-state index is 11.3. The SMILES string of the molecule is CC(C)CSCCCN1C(=O)CCC1=O. The van der Waals surface area contributed by atoms with Gasteiger partial charge in [-0.15, -0.1) is 0 Å². The van der Waals surface area contributed by atoms with Crippen molar-refractivity contribution in [1.29, 1.82) is 0 Å². The lowest BCUT2D eigenvalue weighted by atomic mass is 10.3. The second kappa shape index (κ2) is 6.16. The highest BCUT2D eigenvalue weighted by atomic mass is 32.2. The molecule has 3 nitrogen and oxygen atoms in total. The molecular weight excluding hydrogens is 210 g/mol. The Balaban J connectivity index is 2.09. The molecule has 1 saturated heterocycles. The van der Waals surface area contributed by atoms with E-state index in [1.54, 1.807) is 0 Å². The highest BCUT2D eigenvalue weighted by Gasteiger charge is 2.27. The quantitative estimate of drug-likeness (QED) is 0.516. The van der Waals surface area contributed by atoms with Crippen molar-refractivity contribution in [2.24, 2.45) is 5.92 Å². The normalized spacial score (nSPS) is 16.9. The summed E-state index contributed by atoms with van der Waals surface area (Å²) in [4.78, 5) is 23.9. The largest absolute Gasteiger partial charge is 0.283 e. The van der Waals surface area contributed by atoms with Gasteiger partial charge in [-0.2, -0.15) is 11.8 Å². The Kier molecular flexibility index (Phi) is 5.15. The standard InChI is InChI=1S/C11H19NO2S/c1-9(2)8-15-7-3-6-12-10(13)4-5-11(12)14/h9H,3-8H2,1-2H3. The van der Waals surface area contributed by atoms with Crippen LogP contribution in [0.4, 0.5) is 0 Å². The minimum Gasteiger partial charge on any atom is -0.283 e. The molecule has 0 atom stereocenters. The number of thioether (sulfide) groups is 1. The van der Waals surface area contributed by atoms with Gasteiger partial charge in [0, 0.05) is 19.4 Å². The molecule has 1 rings (SSSR count). The first-order valence-corrected chi connectivity index (χ1v) is 6.67. The zero-order valence-corrected chi connectivity index (χ0v) is 10.3. The summed E-state index contributed by atoms with van der Waals surface area (Å²) < 4.78 is 0. The van der Waals surface area contributed by atoms with Crippen molar-refractivity contribution in [3.8, 4) is 0 Å². The number of carbonyl (C=O) groups excluding carboxylic acids is 2. The number of carbonyl (C=O) groups is 2. The van der Waals surface area contributed by atoms with Crippen LogP contribution in [0.2, 0.25) is 0 Å². The molecule has 0 unspecified atom stereocenters. The molecule has 0 aromatic heterocycles. The van der Waals surface area contributed by atoms with Crippen molar-refractivity contribution in [2.45, 2.75) is 33.1 Å². The van der Waals surface area contributed by atoms with Crippen LogP contribution in [0.15, 0.2) is 0 Å². The number of imide groups is 1. The van der Waals surface area contributed by atoms with E-state index in [-0.39, 0.29) is 11.8 Å². The molecule has 0 spiro atoms. The molecule has 2 amide bonds. The lowest BCUT2D eigenvalue weighted by Crippen LogP contribution is -2.30. The summed E-state index contributed by atoms with van der Waals surface area (Å²) in [5.41, 5.74) is 0. The van der Waals surface area contributed by atoms with E-state index in [1.165, 1.54) is 4.90 Å². The van der Waals surface area contributed by atoms with Crippen molar-refractivity contribution in [3.63, 3.8) is 0 Å². The summed E-state index contributed by atoms with van der Waals surface area (Å²) in [5.74, 6) is 2.92. The maximum Gasteiger partial charge on any atom is 0.229 e. The van der Waals surface area contributed by atoms with Crippen LogP contribution in [-0.4, -0.2) is 34.8 Å². The zero-order chi connectivity index (χ0) is 11.3. The third kappa shape index (κ3) is 4.24. The molecule has 0 radical (unpaired) electrons. The molecular formula is C11H19NO2S. The topological polar surface area (TPSA) is 37.4 Å². The van der Waals surface area contributed by atoms with Gasteiger partial charge in [0.25, 0.3) is 0 Å². The van der Waals surface area contributed by atoms with Crippen LogP contribution in [0.3, 0.4) is 0 Å². The molecule has 1 aliphatic rings. The van der Waals surface area contributed by atoms with Gasteiger partial charge >= 0.3 is 0 Å². The molecule has 86 valence electrons. The van der Waals surface area contributed by atoms with Crippen molar-refractivity contribution in [1.82, 2.24) is 4.90 Å². The van der Waals surface area contributed by atoms with Crippen LogP contribution in [0.25, 0.3) is 0 Å². The summed E-state index contributed by atoms with van der Waals surface area (Å²) in [6.45, 7) is 5.00. The maximum absolute atomic E-state index is 11.3. The van der Waals surface area contributed by atoms with Gasteiger partial charge in [-0.25, -0.2) is 0 Å². The summed E-state index contributed by atoms with van der Waals surface area (Å²) in [6.07, 6.45) is 1.75. The lowest BCUT2D eigenvalue weighted by molar-refractivity contribution is -0.138. The summed E-state index contributed by atoms with van der Waals surface area (Å²) in [7, 11) is 0. The fraction of sp³-hybridized carbons (Fsp3) is 0.818. The van der Waals surface area contributed by atoms with Gasteiger partial charge < -0.3 is 0 Å². The van der Waals surface area contributed by atoms with E-state index in [9.17, 15) is 9.59 Å².